The van der Waals surface area contributed by atoms with Gasteiger partial charge in [-0.05, 0) is 11.1 Å². The van der Waals surface area contributed by atoms with Crippen molar-refractivity contribution in [3.05, 3.63) is 35.4 Å². The molecular weight excluding hydrogens is 248 g/mol. The Morgan fingerprint density at radius 1 is 1.37 bits per heavy atom. The molecule has 1 aliphatic rings. The maximum Gasteiger partial charge on any atom is 0.408 e. The summed E-state index contributed by atoms with van der Waals surface area (Å²) in [5.74, 6) is -0.362. The quantitative estimate of drug-likeness (QED) is 0.812. The fraction of sp³-hybridized carbons (Fsp3) is 0.385. The molecule has 6 nitrogen and oxygen atoms in total. The Labute approximate surface area is 111 Å². The van der Waals surface area contributed by atoms with E-state index in [1.165, 1.54) is 14.2 Å². The van der Waals surface area contributed by atoms with Crippen molar-refractivity contribution >= 4 is 12.0 Å². The maximum atomic E-state index is 12.1. The first kappa shape index (κ1) is 13.4. The van der Waals surface area contributed by atoms with Gasteiger partial charge in [0.25, 0.3) is 5.91 Å². The Hall–Kier alpha value is -2.08. The van der Waals surface area contributed by atoms with E-state index in [-0.39, 0.29) is 12.5 Å². The van der Waals surface area contributed by atoms with E-state index in [4.69, 9.17) is 4.84 Å². The Morgan fingerprint density at radius 2 is 2.00 bits per heavy atom. The van der Waals surface area contributed by atoms with Gasteiger partial charge >= 0.3 is 6.09 Å². The van der Waals surface area contributed by atoms with Crippen molar-refractivity contribution in [3.63, 3.8) is 0 Å². The van der Waals surface area contributed by atoms with Gasteiger partial charge in [0.05, 0.1) is 13.7 Å². The van der Waals surface area contributed by atoms with Crippen molar-refractivity contribution in [3.8, 4) is 0 Å². The fourth-order valence-electron chi connectivity index (χ4n) is 2.24. The highest BCUT2D eigenvalue weighted by atomic mass is 16.7. The SMILES string of the molecule is CON(C)C(=O)[C@H]1Cc2ccccc2CN1C(=O)O. The molecule has 1 aromatic rings. The van der Waals surface area contributed by atoms with Gasteiger partial charge in [0.1, 0.15) is 6.04 Å². The normalized spacial score (nSPS) is 17.8. The van der Waals surface area contributed by atoms with Crippen LogP contribution in [0.2, 0.25) is 0 Å². The molecule has 0 radical (unpaired) electrons. The summed E-state index contributed by atoms with van der Waals surface area (Å²) < 4.78 is 0. The number of hydrogen-bond donors (Lipinski definition) is 1. The van der Waals surface area contributed by atoms with Crippen molar-refractivity contribution in [2.45, 2.75) is 19.0 Å². The van der Waals surface area contributed by atoms with Gasteiger partial charge < -0.3 is 5.11 Å². The molecule has 1 aliphatic heterocycles. The van der Waals surface area contributed by atoms with Crippen molar-refractivity contribution in [2.24, 2.45) is 0 Å². The summed E-state index contributed by atoms with van der Waals surface area (Å²) >= 11 is 0. The summed E-state index contributed by atoms with van der Waals surface area (Å²) in [5.41, 5.74) is 1.94. The standard InChI is InChI=1S/C13H16N2O4/c1-14(19-2)12(16)11-7-9-5-3-4-6-10(9)8-15(11)13(17)18/h3-6,11H,7-8H2,1-2H3,(H,17,18)/t11-/m1/s1. The minimum atomic E-state index is -1.10. The number of likely N-dealkylation sites (N-methyl/N-ethyl adjacent to an activating group) is 1. The predicted molar refractivity (Wildman–Crippen MR) is 67.3 cm³/mol. The van der Waals surface area contributed by atoms with Gasteiger partial charge in [-0.2, -0.15) is 0 Å². The predicted octanol–water partition coefficient (Wildman–Crippen LogP) is 1.11. The van der Waals surface area contributed by atoms with Crippen LogP contribution >= 0.6 is 0 Å². The zero-order chi connectivity index (χ0) is 14.0. The van der Waals surface area contributed by atoms with Gasteiger partial charge in [-0.15, -0.1) is 0 Å². The number of carbonyl (C=O) groups is 2. The molecule has 0 unspecified atom stereocenters. The minimum absolute atomic E-state index is 0.222. The van der Waals surface area contributed by atoms with Crippen LogP contribution in [0.25, 0.3) is 0 Å². The average Bonchev–Trinajstić information content (AvgIpc) is 2.44. The van der Waals surface area contributed by atoms with Crippen LogP contribution in [-0.4, -0.2) is 47.3 Å². The summed E-state index contributed by atoms with van der Waals surface area (Å²) in [6.07, 6.45) is -0.730. The van der Waals surface area contributed by atoms with Crippen LogP contribution in [0.4, 0.5) is 4.79 Å². The van der Waals surface area contributed by atoms with E-state index >= 15 is 0 Å². The second-order valence-electron chi connectivity index (χ2n) is 4.42. The lowest BCUT2D eigenvalue weighted by atomic mass is 9.94. The third kappa shape index (κ3) is 2.53. The lowest BCUT2D eigenvalue weighted by Crippen LogP contribution is -2.52. The number of carbonyl (C=O) groups excluding carboxylic acids is 1. The number of rotatable bonds is 2. The summed E-state index contributed by atoms with van der Waals surface area (Å²) in [4.78, 5) is 29.5. The average molecular weight is 264 g/mol. The highest BCUT2D eigenvalue weighted by molar-refractivity contribution is 5.85. The zero-order valence-electron chi connectivity index (χ0n) is 10.9. The largest absolute Gasteiger partial charge is 0.465 e. The van der Waals surface area contributed by atoms with Gasteiger partial charge in [-0.1, -0.05) is 24.3 Å². The van der Waals surface area contributed by atoms with E-state index in [0.717, 1.165) is 21.1 Å². The smallest absolute Gasteiger partial charge is 0.408 e. The third-order valence-corrected chi connectivity index (χ3v) is 3.36. The van der Waals surface area contributed by atoms with Crippen LogP contribution in [0.1, 0.15) is 11.1 Å². The Balaban J connectivity index is 2.31. The number of benzene rings is 1. The topological polar surface area (TPSA) is 70.1 Å². The summed E-state index contributed by atoms with van der Waals surface area (Å²) in [6, 6.07) is 6.81. The highest BCUT2D eigenvalue weighted by Gasteiger charge is 2.36. The third-order valence-electron chi connectivity index (χ3n) is 3.36. The number of hydrogen-bond acceptors (Lipinski definition) is 3. The number of fused-ring (bicyclic) bond motifs is 1. The first-order chi connectivity index (χ1) is 9.04. The first-order valence-electron chi connectivity index (χ1n) is 5.92. The van der Waals surface area contributed by atoms with Gasteiger partial charge in [-0.3, -0.25) is 14.5 Å². The molecule has 1 N–H and O–H groups in total. The van der Waals surface area contributed by atoms with E-state index in [1.54, 1.807) is 0 Å². The number of nitrogens with zero attached hydrogens (tertiary/aromatic N) is 2. The van der Waals surface area contributed by atoms with Crippen LogP contribution in [0.15, 0.2) is 24.3 Å². The highest BCUT2D eigenvalue weighted by Crippen LogP contribution is 2.24. The molecule has 1 heterocycles. The Kier molecular flexibility index (Phi) is 3.71. The molecule has 0 saturated heterocycles. The van der Waals surface area contributed by atoms with Crippen LogP contribution < -0.4 is 0 Å². The molecule has 19 heavy (non-hydrogen) atoms. The van der Waals surface area contributed by atoms with Crippen molar-refractivity contribution in [2.75, 3.05) is 14.2 Å². The first-order valence-corrected chi connectivity index (χ1v) is 5.92. The molecule has 0 aliphatic carbocycles. The molecular formula is C13H16N2O4. The minimum Gasteiger partial charge on any atom is -0.465 e. The molecule has 0 spiro atoms. The summed E-state index contributed by atoms with van der Waals surface area (Å²) in [7, 11) is 2.85. The maximum absolute atomic E-state index is 12.1. The van der Waals surface area contributed by atoms with E-state index in [1.807, 2.05) is 24.3 Å². The molecule has 1 aromatic carbocycles. The molecule has 2 amide bonds. The summed E-state index contributed by atoms with van der Waals surface area (Å²) in [6.45, 7) is 0.222. The number of amides is 2. The lowest BCUT2D eigenvalue weighted by molar-refractivity contribution is -0.174. The van der Waals surface area contributed by atoms with Gasteiger partial charge in [-0.25, -0.2) is 9.86 Å². The van der Waals surface area contributed by atoms with E-state index < -0.39 is 12.1 Å². The van der Waals surface area contributed by atoms with Gasteiger partial charge in [0.15, 0.2) is 0 Å². The molecule has 102 valence electrons. The Bertz CT molecular complexity index is 503. The van der Waals surface area contributed by atoms with Crippen molar-refractivity contribution in [1.29, 1.82) is 0 Å². The van der Waals surface area contributed by atoms with E-state index in [9.17, 15) is 14.7 Å². The molecule has 1 atom stereocenters. The Morgan fingerprint density at radius 3 is 2.58 bits per heavy atom. The second kappa shape index (κ2) is 5.27. The van der Waals surface area contributed by atoms with Crippen LogP contribution in [0, 0.1) is 0 Å². The number of hydroxylamine groups is 2. The molecule has 0 aromatic heterocycles. The fourth-order valence-corrected chi connectivity index (χ4v) is 2.24. The van der Waals surface area contributed by atoms with Crippen LogP contribution in [-0.2, 0) is 22.6 Å². The number of carboxylic acid groups (broad SMARTS) is 1. The lowest BCUT2D eigenvalue weighted by Gasteiger charge is -2.35. The molecule has 6 heteroatoms. The molecule has 0 fully saturated rings. The van der Waals surface area contributed by atoms with E-state index in [2.05, 4.69) is 0 Å². The van der Waals surface area contributed by atoms with Crippen LogP contribution in [0.5, 0.6) is 0 Å². The van der Waals surface area contributed by atoms with Crippen molar-refractivity contribution in [1.82, 2.24) is 9.96 Å². The second-order valence-corrected chi connectivity index (χ2v) is 4.42. The van der Waals surface area contributed by atoms with Gasteiger partial charge in [0, 0.05) is 13.5 Å². The monoisotopic (exact) mass is 264 g/mol. The molecule has 0 bridgehead atoms. The van der Waals surface area contributed by atoms with Crippen molar-refractivity contribution < 1.29 is 19.5 Å². The van der Waals surface area contributed by atoms with Crippen LogP contribution in [0.3, 0.4) is 0 Å². The zero-order valence-corrected chi connectivity index (χ0v) is 10.9. The van der Waals surface area contributed by atoms with E-state index in [0.29, 0.717) is 6.42 Å². The molecule has 0 saturated carbocycles. The summed E-state index contributed by atoms with van der Waals surface area (Å²) in [5, 5.41) is 10.3. The molecule has 2 rings (SSSR count). The van der Waals surface area contributed by atoms with Gasteiger partial charge in [0.2, 0.25) is 0 Å².